The predicted molar refractivity (Wildman–Crippen MR) is 84.4 cm³/mol. The highest BCUT2D eigenvalue weighted by atomic mass is 32.1. The van der Waals surface area contributed by atoms with Crippen molar-refractivity contribution in [1.82, 2.24) is 0 Å². The number of nitriles is 1. The first-order valence-corrected chi connectivity index (χ1v) is 7.11. The lowest BCUT2D eigenvalue weighted by Gasteiger charge is -2.03. The average Bonchev–Trinajstić information content (AvgIpc) is 2.90. The van der Waals surface area contributed by atoms with E-state index in [1.807, 2.05) is 24.4 Å². The lowest BCUT2D eigenvalue weighted by Crippen LogP contribution is -2.13. The lowest BCUT2D eigenvalue weighted by molar-refractivity contribution is -0.384. The summed E-state index contributed by atoms with van der Waals surface area (Å²) in [5.74, 6) is -0.552. The fourth-order valence-electron chi connectivity index (χ4n) is 1.68. The normalized spacial score (nSPS) is 10.8. The number of hydrogen-bond acceptors (Lipinski definition) is 5. The van der Waals surface area contributed by atoms with Crippen LogP contribution in [0.2, 0.25) is 0 Å². The number of carbonyl (C=O) groups excluding carboxylic acids is 1. The minimum atomic E-state index is -0.552. The van der Waals surface area contributed by atoms with Crippen molar-refractivity contribution in [2.75, 3.05) is 5.32 Å². The van der Waals surface area contributed by atoms with Crippen LogP contribution in [-0.2, 0) is 4.79 Å². The Kier molecular flexibility index (Phi) is 4.66. The second-order valence-electron chi connectivity index (χ2n) is 4.40. The van der Waals surface area contributed by atoms with Gasteiger partial charge in [0.2, 0.25) is 0 Å². The summed E-state index contributed by atoms with van der Waals surface area (Å²) in [5, 5.41) is 24.1. The summed E-state index contributed by atoms with van der Waals surface area (Å²) in [6.45, 7) is 1.89. The van der Waals surface area contributed by atoms with Gasteiger partial charge in [-0.3, -0.25) is 14.9 Å². The molecule has 0 bridgehead atoms. The summed E-state index contributed by atoms with van der Waals surface area (Å²) < 4.78 is 0. The van der Waals surface area contributed by atoms with Gasteiger partial charge >= 0.3 is 0 Å². The molecule has 0 aliphatic rings. The zero-order valence-electron chi connectivity index (χ0n) is 11.6. The van der Waals surface area contributed by atoms with E-state index in [0.29, 0.717) is 5.69 Å². The van der Waals surface area contributed by atoms with Gasteiger partial charge in [0.25, 0.3) is 11.6 Å². The highest BCUT2D eigenvalue weighted by Crippen LogP contribution is 2.20. The second-order valence-corrected chi connectivity index (χ2v) is 5.34. The van der Waals surface area contributed by atoms with Gasteiger partial charge in [0.1, 0.15) is 11.6 Å². The largest absolute Gasteiger partial charge is 0.321 e. The Labute approximate surface area is 130 Å². The molecule has 0 radical (unpaired) electrons. The highest BCUT2D eigenvalue weighted by molar-refractivity contribution is 7.11. The molecule has 2 rings (SSSR count). The zero-order valence-corrected chi connectivity index (χ0v) is 12.4. The molecule has 1 amide bonds. The maximum atomic E-state index is 12.1. The van der Waals surface area contributed by atoms with Gasteiger partial charge in [-0.15, -0.1) is 11.3 Å². The van der Waals surface area contributed by atoms with Crippen LogP contribution in [0, 0.1) is 28.4 Å². The quantitative estimate of drug-likeness (QED) is 0.404. The summed E-state index contributed by atoms with van der Waals surface area (Å²) in [4.78, 5) is 23.0. The number of amides is 1. The van der Waals surface area contributed by atoms with Crippen LogP contribution in [-0.4, -0.2) is 10.8 Å². The Balaban J connectivity index is 2.16. The van der Waals surface area contributed by atoms with E-state index in [0.717, 1.165) is 10.4 Å². The molecule has 1 N–H and O–H groups in total. The van der Waals surface area contributed by atoms with Gasteiger partial charge in [-0.2, -0.15) is 5.26 Å². The Morgan fingerprint density at radius 2 is 2.05 bits per heavy atom. The molecule has 22 heavy (non-hydrogen) atoms. The molecule has 110 valence electrons. The molecule has 1 aromatic carbocycles. The lowest BCUT2D eigenvalue weighted by atomic mass is 10.2. The van der Waals surface area contributed by atoms with Crippen LogP contribution in [0.1, 0.15) is 10.4 Å². The van der Waals surface area contributed by atoms with E-state index < -0.39 is 10.8 Å². The van der Waals surface area contributed by atoms with Gasteiger partial charge in [0.15, 0.2) is 0 Å². The summed E-state index contributed by atoms with van der Waals surface area (Å²) in [5.41, 5.74) is 1.28. The number of carbonyl (C=O) groups is 1. The van der Waals surface area contributed by atoms with Gasteiger partial charge in [-0.05, 0) is 42.1 Å². The Morgan fingerprint density at radius 3 is 2.55 bits per heavy atom. The summed E-state index contributed by atoms with van der Waals surface area (Å²) in [7, 11) is 0. The highest BCUT2D eigenvalue weighted by Gasteiger charge is 2.11. The van der Waals surface area contributed by atoms with Crippen molar-refractivity contribution in [3.05, 3.63) is 61.8 Å². The standard InChI is InChI=1S/C15H11N3O3S/c1-10-6-7-22-14(10)8-11(9-16)15(19)17-12-2-4-13(5-3-12)18(20)21/h2-8H,1H3,(H,17,19). The molecule has 2 aromatic rings. The topological polar surface area (TPSA) is 96.0 Å². The smallest absolute Gasteiger partial charge is 0.269 e. The van der Waals surface area contributed by atoms with Crippen LogP contribution >= 0.6 is 11.3 Å². The molecular weight excluding hydrogens is 302 g/mol. The molecule has 0 saturated heterocycles. The number of nitrogens with zero attached hydrogens (tertiary/aromatic N) is 2. The van der Waals surface area contributed by atoms with E-state index in [9.17, 15) is 14.9 Å². The van der Waals surface area contributed by atoms with Crippen molar-refractivity contribution in [2.45, 2.75) is 6.92 Å². The van der Waals surface area contributed by atoms with Crippen molar-refractivity contribution < 1.29 is 9.72 Å². The molecular formula is C15H11N3O3S. The van der Waals surface area contributed by atoms with E-state index in [4.69, 9.17) is 5.26 Å². The SMILES string of the molecule is Cc1ccsc1C=C(C#N)C(=O)Nc1ccc([N+](=O)[O-])cc1. The van der Waals surface area contributed by atoms with Crippen molar-refractivity contribution in [3.63, 3.8) is 0 Å². The third kappa shape index (κ3) is 3.56. The second kappa shape index (κ2) is 6.65. The minimum Gasteiger partial charge on any atom is -0.321 e. The first kappa shape index (κ1) is 15.4. The number of nitro benzene ring substituents is 1. The van der Waals surface area contributed by atoms with E-state index in [1.54, 1.807) is 0 Å². The molecule has 1 aromatic heterocycles. The van der Waals surface area contributed by atoms with Crippen LogP contribution in [0.25, 0.3) is 6.08 Å². The first-order chi connectivity index (χ1) is 10.5. The minimum absolute atomic E-state index is 0.0242. The summed E-state index contributed by atoms with van der Waals surface area (Å²) in [6, 6.07) is 9.18. The van der Waals surface area contributed by atoms with Gasteiger partial charge < -0.3 is 5.32 Å². The molecule has 0 aliphatic heterocycles. The molecule has 0 atom stereocenters. The monoisotopic (exact) mass is 313 g/mol. The maximum absolute atomic E-state index is 12.1. The van der Waals surface area contributed by atoms with Crippen molar-refractivity contribution in [2.24, 2.45) is 0 Å². The zero-order chi connectivity index (χ0) is 16.1. The number of thiophene rings is 1. The number of hydrogen-bond donors (Lipinski definition) is 1. The average molecular weight is 313 g/mol. The number of nitrogens with one attached hydrogen (secondary N) is 1. The van der Waals surface area contributed by atoms with Gasteiger partial charge in [0, 0.05) is 22.7 Å². The van der Waals surface area contributed by atoms with Crippen molar-refractivity contribution in [3.8, 4) is 6.07 Å². The van der Waals surface area contributed by atoms with Crippen molar-refractivity contribution >= 4 is 34.7 Å². The molecule has 7 heteroatoms. The van der Waals surface area contributed by atoms with Crippen LogP contribution in [0.5, 0.6) is 0 Å². The van der Waals surface area contributed by atoms with Crippen LogP contribution in [0.15, 0.2) is 41.3 Å². The Bertz CT molecular complexity index is 785. The Morgan fingerprint density at radius 1 is 1.36 bits per heavy atom. The van der Waals surface area contributed by atoms with Crippen LogP contribution in [0.4, 0.5) is 11.4 Å². The van der Waals surface area contributed by atoms with Gasteiger partial charge in [-0.25, -0.2) is 0 Å². The Hall–Kier alpha value is -2.98. The third-order valence-electron chi connectivity index (χ3n) is 2.88. The molecule has 1 heterocycles. The molecule has 0 saturated carbocycles. The van der Waals surface area contributed by atoms with Crippen LogP contribution in [0.3, 0.4) is 0 Å². The summed E-state index contributed by atoms with van der Waals surface area (Å²) >= 11 is 1.44. The molecule has 0 unspecified atom stereocenters. The number of nitro groups is 1. The number of non-ortho nitro benzene ring substituents is 1. The van der Waals surface area contributed by atoms with E-state index in [2.05, 4.69) is 5.32 Å². The number of benzene rings is 1. The number of aryl methyl sites for hydroxylation is 1. The van der Waals surface area contributed by atoms with Crippen molar-refractivity contribution in [1.29, 1.82) is 5.26 Å². The van der Waals surface area contributed by atoms with Crippen LogP contribution < -0.4 is 5.32 Å². The first-order valence-electron chi connectivity index (χ1n) is 6.23. The maximum Gasteiger partial charge on any atom is 0.269 e. The fourth-order valence-corrected chi connectivity index (χ4v) is 2.54. The number of rotatable bonds is 4. The van der Waals surface area contributed by atoms with E-state index >= 15 is 0 Å². The number of anilines is 1. The van der Waals surface area contributed by atoms with Gasteiger partial charge in [0.05, 0.1) is 4.92 Å². The fraction of sp³-hybridized carbons (Fsp3) is 0.0667. The van der Waals surface area contributed by atoms with Gasteiger partial charge in [-0.1, -0.05) is 0 Å². The third-order valence-corrected chi connectivity index (χ3v) is 3.84. The molecule has 0 spiro atoms. The predicted octanol–water partition coefficient (Wildman–Crippen LogP) is 3.51. The molecule has 0 aliphatic carbocycles. The molecule has 0 fully saturated rings. The summed E-state index contributed by atoms with van der Waals surface area (Å²) in [6.07, 6.45) is 1.53. The van der Waals surface area contributed by atoms with E-state index in [-0.39, 0.29) is 11.3 Å². The van der Waals surface area contributed by atoms with E-state index in [1.165, 1.54) is 41.7 Å². The molecule has 6 nitrogen and oxygen atoms in total.